The minimum absolute atomic E-state index is 0.536. The maximum Gasteiger partial charge on any atom is 0.123 e. The van der Waals surface area contributed by atoms with Crippen LogP contribution in [0.3, 0.4) is 0 Å². The summed E-state index contributed by atoms with van der Waals surface area (Å²) in [5, 5.41) is 3.13. The Morgan fingerprint density at radius 1 is 0.900 bits per heavy atom. The fourth-order valence-electron chi connectivity index (χ4n) is 1.93. The first-order valence-electron chi connectivity index (χ1n) is 6.84. The lowest BCUT2D eigenvalue weighted by atomic mass is 10.2. The van der Waals surface area contributed by atoms with E-state index in [0.29, 0.717) is 13.2 Å². The zero-order valence-corrected chi connectivity index (χ0v) is 12.1. The first-order chi connectivity index (χ1) is 9.79. The number of nitrogens with one attached hydrogen (secondary N) is 1. The van der Waals surface area contributed by atoms with E-state index in [9.17, 15) is 0 Å². The molecule has 2 aromatic carbocycles. The summed E-state index contributed by atoms with van der Waals surface area (Å²) in [4.78, 5) is 0. The second kappa shape index (κ2) is 7.56. The van der Waals surface area contributed by atoms with Gasteiger partial charge in [-0.1, -0.05) is 35.9 Å². The summed E-state index contributed by atoms with van der Waals surface area (Å²) in [5.74, 6) is 1.79. The average molecular weight is 271 g/mol. The number of hydrogen-bond donors (Lipinski definition) is 1. The summed E-state index contributed by atoms with van der Waals surface area (Å²) >= 11 is 0. The monoisotopic (exact) mass is 271 g/mol. The van der Waals surface area contributed by atoms with Crippen LogP contribution >= 0.6 is 0 Å². The Morgan fingerprint density at radius 3 is 2.35 bits per heavy atom. The van der Waals surface area contributed by atoms with E-state index in [-0.39, 0.29) is 0 Å². The Balaban J connectivity index is 1.79. The van der Waals surface area contributed by atoms with Crippen LogP contribution < -0.4 is 14.8 Å². The standard InChI is InChI=1S/C17H21NO2/c1-14-7-9-16(10-8-14)19-11-12-20-17-6-4-3-5-15(17)13-18-2/h3-10,18H,11-13H2,1-2H3. The van der Waals surface area contributed by atoms with Crippen molar-refractivity contribution in [2.75, 3.05) is 20.3 Å². The van der Waals surface area contributed by atoms with Crippen molar-refractivity contribution in [1.82, 2.24) is 5.32 Å². The van der Waals surface area contributed by atoms with Gasteiger partial charge in [0, 0.05) is 12.1 Å². The summed E-state index contributed by atoms with van der Waals surface area (Å²) in [6.07, 6.45) is 0. The lowest BCUT2D eigenvalue weighted by Crippen LogP contribution is -2.12. The Kier molecular flexibility index (Phi) is 5.44. The number of aryl methyl sites for hydroxylation is 1. The van der Waals surface area contributed by atoms with Gasteiger partial charge in [0.2, 0.25) is 0 Å². The summed E-state index contributed by atoms with van der Waals surface area (Å²) in [6, 6.07) is 16.1. The predicted octanol–water partition coefficient (Wildman–Crippen LogP) is 3.17. The van der Waals surface area contributed by atoms with Gasteiger partial charge in [-0.05, 0) is 32.2 Å². The number of benzene rings is 2. The van der Waals surface area contributed by atoms with E-state index in [1.165, 1.54) is 5.56 Å². The molecule has 0 radical (unpaired) electrons. The van der Waals surface area contributed by atoms with E-state index in [0.717, 1.165) is 23.6 Å². The molecule has 0 aliphatic carbocycles. The zero-order chi connectivity index (χ0) is 14.2. The molecule has 0 saturated heterocycles. The Morgan fingerprint density at radius 2 is 1.60 bits per heavy atom. The van der Waals surface area contributed by atoms with E-state index in [4.69, 9.17) is 9.47 Å². The third kappa shape index (κ3) is 4.28. The molecule has 0 aromatic heterocycles. The van der Waals surface area contributed by atoms with Gasteiger partial charge in [-0.15, -0.1) is 0 Å². The van der Waals surface area contributed by atoms with Gasteiger partial charge in [0.1, 0.15) is 24.7 Å². The third-order valence-corrected chi connectivity index (χ3v) is 2.97. The molecule has 1 N–H and O–H groups in total. The molecule has 20 heavy (non-hydrogen) atoms. The van der Waals surface area contributed by atoms with Gasteiger partial charge in [-0.25, -0.2) is 0 Å². The van der Waals surface area contributed by atoms with Gasteiger partial charge in [-0.3, -0.25) is 0 Å². The maximum absolute atomic E-state index is 5.77. The molecule has 0 unspecified atom stereocenters. The molecule has 0 aliphatic heterocycles. The van der Waals surface area contributed by atoms with Crippen molar-refractivity contribution in [1.29, 1.82) is 0 Å². The molecule has 0 fully saturated rings. The molecule has 0 heterocycles. The van der Waals surface area contributed by atoms with E-state index in [2.05, 4.69) is 18.3 Å². The van der Waals surface area contributed by atoms with Gasteiger partial charge in [0.25, 0.3) is 0 Å². The van der Waals surface area contributed by atoms with Crippen LogP contribution in [-0.2, 0) is 6.54 Å². The molecular formula is C17H21NO2. The first-order valence-corrected chi connectivity index (χ1v) is 6.84. The Hall–Kier alpha value is -2.00. The second-order valence-electron chi connectivity index (χ2n) is 4.65. The van der Waals surface area contributed by atoms with Crippen LogP contribution in [0.25, 0.3) is 0 Å². The molecule has 0 bridgehead atoms. The van der Waals surface area contributed by atoms with Crippen LogP contribution in [-0.4, -0.2) is 20.3 Å². The molecule has 2 rings (SSSR count). The van der Waals surface area contributed by atoms with Gasteiger partial charge in [-0.2, -0.15) is 0 Å². The molecule has 0 saturated carbocycles. The van der Waals surface area contributed by atoms with E-state index in [1.807, 2.05) is 49.5 Å². The maximum atomic E-state index is 5.77. The second-order valence-corrected chi connectivity index (χ2v) is 4.65. The molecule has 0 atom stereocenters. The van der Waals surface area contributed by atoms with Crippen LogP contribution in [0.4, 0.5) is 0 Å². The number of ether oxygens (including phenoxy) is 2. The summed E-state index contributed by atoms with van der Waals surface area (Å²) in [7, 11) is 1.93. The fraction of sp³-hybridized carbons (Fsp3) is 0.294. The van der Waals surface area contributed by atoms with Crippen molar-refractivity contribution in [2.24, 2.45) is 0 Å². The minimum Gasteiger partial charge on any atom is -0.490 e. The summed E-state index contributed by atoms with van der Waals surface area (Å²) < 4.78 is 11.4. The van der Waals surface area contributed by atoms with E-state index < -0.39 is 0 Å². The number of para-hydroxylation sites is 1. The van der Waals surface area contributed by atoms with Crippen LogP contribution in [0.5, 0.6) is 11.5 Å². The van der Waals surface area contributed by atoms with E-state index in [1.54, 1.807) is 0 Å². The highest BCUT2D eigenvalue weighted by atomic mass is 16.5. The molecule has 0 amide bonds. The van der Waals surface area contributed by atoms with Gasteiger partial charge >= 0.3 is 0 Å². The number of hydrogen-bond acceptors (Lipinski definition) is 3. The smallest absolute Gasteiger partial charge is 0.123 e. The summed E-state index contributed by atoms with van der Waals surface area (Å²) in [5.41, 5.74) is 2.39. The topological polar surface area (TPSA) is 30.5 Å². The normalized spacial score (nSPS) is 10.3. The molecule has 2 aromatic rings. The van der Waals surface area contributed by atoms with Crippen LogP contribution in [0.2, 0.25) is 0 Å². The van der Waals surface area contributed by atoms with E-state index >= 15 is 0 Å². The van der Waals surface area contributed by atoms with Gasteiger partial charge < -0.3 is 14.8 Å². The molecule has 106 valence electrons. The quantitative estimate of drug-likeness (QED) is 0.785. The third-order valence-electron chi connectivity index (χ3n) is 2.97. The van der Waals surface area contributed by atoms with Crippen molar-refractivity contribution < 1.29 is 9.47 Å². The highest BCUT2D eigenvalue weighted by Crippen LogP contribution is 2.17. The molecule has 3 heteroatoms. The SMILES string of the molecule is CNCc1ccccc1OCCOc1ccc(C)cc1. The van der Waals surface area contributed by atoms with Crippen LogP contribution in [0.15, 0.2) is 48.5 Å². The van der Waals surface area contributed by atoms with Crippen molar-refractivity contribution in [2.45, 2.75) is 13.5 Å². The highest BCUT2D eigenvalue weighted by molar-refractivity contribution is 5.33. The predicted molar refractivity (Wildman–Crippen MR) is 81.4 cm³/mol. The Bertz CT molecular complexity index is 523. The number of rotatable bonds is 7. The lowest BCUT2D eigenvalue weighted by Gasteiger charge is -2.12. The molecule has 0 spiro atoms. The van der Waals surface area contributed by atoms with Crippen molar-refractivity contribution >= 4 is 0 Å². The largest absolute Gasteiger partial charge is 0.490 e. The highest BCUT2D eigenvalue weighted by Gasteiger charge is 2.01. The summed E-state index contributed by atoms with van der Waals surface area (Å²) in [6.45, 7) is 3.94. The average Bonchev–Trinajstić information content (AvgIpc) is 2.47. The lowest BCUT2D eigenvalue weighted by molar-refractivity contribution is 0.215. The minimum atomic E-state index is 0.536. The Labute approximate surface area is 120 Å². The van der Waals surface area contributed by atoms with Crippen molar-refractivity contribution in [3.63, 3.8) is 0 Å². The van der Waals surface area contributed by atoms with Gasteiger partial charge in [0.05, 0.1) is 0 Å². The zero-order valence-electron chi connectivity index (χ0n) is 12.1. The molecular weight excluding hydrogens is 250 g/mol. The van der Waals surface area contributed by atoms with Crippen LogP contribution in [0, 0.1) is 6.92 Å². The van der Waals surface area contributed by atoms with Crippen LogP contribution in [0.1, 0.15) is 11.1 Å². The van der Waals surface area contributed by atoms with Crippen molar-refractivity contribution in [3.8, 4) is 11.5 Å². The molecule has 0 aliphatic rings. The van der Waals surface area contributed by atoms with Crippen molar-refractivity contribution in [3.05, 3.63) is 59.7 Å². The molecule has 3 nitrogen and oxygen atoms in total. The first kappa shape index (κ1) is 14.4. The fourth-order valence-corrected chi connectivity index (χ4v) is 1.93. The van der Waals surface area contributed by atoms with Gasteiger partial charge in [0.15, 0.2) is 0 Å².